The zero-order valence-electron chi connectivity index (χ0n) is 2.38. The fraction of sp³-hybridized carbons (Fsp3) is 1.00. The normalized spacial score (nSPS) is 9.00. The molecule has 0 aromatic carbocycles. The van der Waals surface area contributed by atoms with Gasteiger partial charge < -0.3 is 0 Å². The fourth-order valence-corrected chi connectivity index (χ4v) is 0. The van der Waals surface area contributed by atoms with Crippen LogP contribution in [0.1, 0.15) is 0 Å². The Labute approximate surface area is 39.0 Å². The van der Waals surface area contributed by atoms with Gasteiger partial charge in [0.1, 0.15) is 6.93 Å². The Kier molecular flexibility index (Phi) is 2.66. The van der Waals surface area contributed by atoms with E-state index in [2.05, 4.69) is 31.6 Å². The molecule has 4 heavy (non-hydrogen) atoms. The summed E-state index contributed by atoms with van der Waals surface area (Å²) in [5.74, 6) is 0. The monoisotopic (exact) mass is 150 g/mol. The molecular formula is CH3BrSi2. The van der Waals surface area contributed by atoms with Crippen molar-refractivity contribution in [1.29, 1.82) is 0 Å². The molecule has 0 spiro atoms. The molecule has 0 aliphatic heterocycles. The lowest BCUT2D eigenvalue weighted by atomic mass is 11.9. The van der Waals surface area contributed by atoms with Gasteiger partial charge in [0.05, 0.1) is 0 Å². The van der Waals surface area contributed by atoms with E-state index < -0.39 is 0 Å². The van der Waals surface area contributed by atoms with Crippen molar-refractivity contribution in [2.45, 2.75) is 6.55 Å². The average Bonchev–Trinajstić information content (AvgIpc) is 0.811. The number of rotatable bonds is 0. The minimum absolute atomic E-state index is 0.262. The Morgan fingerprint density at radius 3 is 2.00 bits per heavy atom. The lowest BCUT2D eigenvalue weighted by molar-refractivity contribution is 2.35. The second-order valence-electron chi connectivity index (χ2n) is 0.533. The van der Waals surface area contributed by atoms with Crippen LogP contribution >= 0.6 is 15.3 Å². The van der Waals surface area contributed by atoms with Crippen molar-refractivity contribution in [3.8, 4) is 0 Å². The summed E-state index contributed by atoms with van der Waals surface area (Å²) in [7, 11) is 3.33. The van der Waals surface area contributed by atoms with Gasteiger partial charge in [-0.05, 0) is 0 Å². The maximum Gasteiger partial charge on any atom is 0.112 e. The summed E-state index contributed by atoms with van der Waals surface area (Å²) in [6.45, 7) is 1.84. The molecule has 0 saturated carbocycles. The first kappa shape index (κ1) is 4.91. The van der Waals surface area contributed by atoms with Crippen molar-refractivity contribution in [2.75, 3.05) is 0 Å². The topological polar surface area (TPSA) is 0 Å². The van der Waals surface area contributed by atoms with Crippen molar-refractivity contribution in [2.24, 2.45) is 0 Å². The molecule has 3 heteroatoms. The van der Waals surface area contributed by atoms with Gasteiger partial charge in [0.25, 0.3) is 0 Å². The summed E-state index contributed by atoms with van der Waals surface area (Å²) in [5.41, 5.74) is 0. The van der Waals surface area contributed by atoms with E-state index in [0.717, 1.165) is 0 Å². The molecule has 0 heterocycles. The van der Waals surface area contributed by atoms with Crippen LogP contribution in [-0.4, -0.2) is 16.7 Å². The lowest BCUT2D eigenvalue weighted by Crippen LogP contribution is -1.89. The van der Waals surface area contributed by atoms with Gasteiger partial charge >= 0.3 is 0 Å². The predicted octanol–water partition coefficient (Wildman–Crippen LogP) is 0.668. The first-order valence-electron chi connectivity index (χ1n) is 0.939. The highest BCUT2D eigenvalue weighted by atomic mass is 79.9. The molecule has 0 aliphatic carbocycles. The summed E-state index contributed by atoms with van der Waals surface area (Å²) in [5, 5.41) is 0. The van der Waals surface area contributed by atoms with Crippen LogP contribution in [0.4, 0.5) is 0 Å². The van der Waals surface area contributed by atoms with Crippen LogP contribution in [0.5, 0.6) is 0 Å². The molecule has 0 aliphatic rings. The molecule has 0 rings (SSSR count). The van der Waals surface area contributed by atoms with E-state index in [1.807, 2.05) is 0 Å². The summed E-state index contributed by atoms with van der Waals surface area (Å²) in [4.78, 5) is 0. The lowest BCUT2D eigenvalue weighted by Gasteiger charge is -1.71. The molecule has 0 nitrogen and oxygen atoms in total. The minimum atomic E-state index is -0.262. The fourth-order valence-electron chi connectivity index (χ4n) is 0. The van der Waals surface area contributed by atoms with Gasteiger partial charge in [0.15, 0.2) is 0 Å². The number of hydrogen-bond donors (Lipinski definition) is 0. The average molecular weight is 151 g/mol. The van der Waals surface area contributed by atoms with Gasteiger partial charge in [0.2, 0.25) is 0 Å². The van der Waals surface area contributed by atoms with Gasteiger partial charge in [-0.3, -0.25) is 0 Å². The van der Waals surface area contributed by atoms with Crippen molar-refractivity contribution in [3.63, 3.8) is 0 Å². The van der Waals surface area contributed by atoms with Crippen LogP contribution in [0, 0.1) is 0 Å². The smallest absolute Gasteiger partial charge is 0.112 e. The molecule has 0 fully saturated rings. The molecule has 0 saturated heterocycles. The number of halogens is 1. The molecular weight excluding hydrogens is 148 g/mol. The van der Waals surface area contributed by atoms with E-state index in [1.54, 1.807) is 0 Å². The van der Waals surface area contributed by atoms with Crippen LogP contribution in [0.15, 0.2) is 0 Å². The Hall–Kier alpha value is 0.914. The molecule has 0 atom stereocenters. The van der Waals surface area contributed by atoms with Gasteiger partial charge in [-0.1, -0.05) is 6.55 Å². The maximum absolute atomic E-state index is 3.33. The van der Waals surface area contributed by atoms with Gasteiger partial charge in [-0.2, -0.15) is 0 Å². The van der Waals surface area contributed by atoms with Crippen molar-refractivity contribution in [3.05, 3.63) is 0 Å². The summed E-state index contributed by atoms with van der Waals surface area (Å²) in [6.07, 6.45) is 0. The third-order valence-electron chi connectivity index (χ3n) is 0. The second kappa shape index (κ2) is 2.17. The zero-order valence-corrected chi connectivity index (χ0v) is 5.96. The minimum Gasteiger partial charge on any atom is -0.134 e. The molecule has 0 aromatic heterocycles. The van der Waals surface area contributed by atoms with Crippen LogP contribution in [0.3, 0.4) is 0 Å². The van der Waals surface area contributed by atoms with Crippen LogP contribution < -0.4 is 0 Å². The maximum atomic E-state index is 3.33. The van der Waals surface area contributed by atoms with Gasteiger partial charge in [-0.15, -0.1) is 15.3 Å². The highest BCUT2D eigenvalue weighted by Gasteiger charge is 1.76. The first-order valence-corrected chi connectivity index (χ1v) is 6.70. The number of hydrogen-bond acceptors (Lipinski definition) is 0. The molecule has 4 radical (unpaired) electrons. The van der Waals surface area contributed by atoms with Crippen molar-refractivity contribution in [1.82, 2.24) is 0 Å². The predicted molar refractivity (Wildman–Crippen MR) is 26.3 cm³/mol. The van der Waals surface area contributed by atoms with E-state index in [1.165, 1.54) is 0 Å². The molecule has 0 aromatic rings. The third kappa shape index (κ3) is 12.8. The second-order valence-corrected chi connectivity index (χ2v) is 9.61. The molecule has 0 bridgehead atoms. The van der Waals surface area contributed by atoms with E-state index in [0.29, 0.717) is 0 Å². The third-order valence-corrected chi connectivity index (χ3v) is 0. The largest absolute Gasteiger partial charge is 0.134 e. The Balaban J connectivity index is 2.32. The molecule has 0 amide bonds. The van der Waals surface area contributed by atoms with E-state index in [-0.39, 0.29) is 6.93 Å². The van der Waals surface area contributed by atoms with Crippen molar-refractivity contribution >= 4 is 32.0 Å². The zero-order chi connectivity index (χ0) is 3.58. The first-order chi connectivity index (χ1) is 1.73. The Morgan fingerprint density at radius 2 is 2.00 bits per heavy atom. The summed E-state index contributed by atoms with van der Waals surface area (Å²) in [6, 6.07) is 0. The van der Waals surface area contributed by atoms with Gasteiger partial charge in [-0.25, -0.2) is 0 Å². The highest BCUT2D eigenvalue weighted by molar-refractivity contribution is 9.25. The Morgan fingerprint density at radius 1 is 2.00 bits per heavy atom. The summed E-state index contributed by atoms with van der Waals surface area (Å²) >= 11 is 3.29. The van der Waals surface area contributed by atoms with Crippen LogP contribution in [0.2, 0.25) is 6.55 Å². The summed E-state index contributed by atoms with van der Waals surface area (Å²) < 4.78 is 0. The molecule has 22 valence electrons. The van der Waals surface area contributed by atoms with Crippen molar-refractivity contribution < 1.29 is 0 Å². The molecule has 0 unspecified atom stereocenters. The molecule has 0 N–H and O–H groups in total. The van der Waals surface area contributed by atoms with Crippen LogP contribution in [0.25, 0.3) is 0 Å². The van der Waals surface area contributed by atoms with E-state index >= 15 is 0 Å². The highest BCUT2D eigenvalue weighted by Crippen LogP contribution is 1.79. The quantitative estimate of drug-likeness (QED) is 0.352. The standard InChI is InChI=1S/CH3BrSi2/c1-4(2)3/h1H3. The van der Waals surface area contributed by atoms with E-state index in [9.17, 15) is 0 Å². The van der Waals surface area contributed by atoms with E-state index in [4.69, 9.17) is 0 Å². The van der Waals surface area contributed by atoms with Crippen LogP contribution in [-0.2, 0) is 0 Å². The Bertz CT molecular complexity index is 10.8. The van der Waals surface area contributed by atoms with Gasteiger partial charge in [0, 0.05) is 9.76 Å². The SMILES string of the molecule is C[Si]([Si])Br.